The van der Waals surface area contributed by atoms with Crippen molar-refractivity contribution in [2.75, 3.05) is 11.1 Å². The Morgan fingerprint density at radius 2 is 2.07 bits per heavy atom. The molecule has 0 unspecified atom stereocenters. The number of carbonyl (C=O) groups excluding carboxylic acids is 1. The minimum Gasteiger partial charge on any atom is -0.461 e. The molecule has 30 heavy (non-hydrogen) atoms. The van der Waals surface area contributed by atoms with E-state index in [1.165, 1.54) is 28.7 Å². The lowest BCUT2D eigenvalue weighted by atomic mass is 10.1. The fourth-order valence-electron chi connectivity index (χ4n) is 2.88. The molecule has 7 nitrogen and oxygen atoms in total. The van der Waals surface area contributed by atoms with Crippen LogP contribution < -0.4 is 5.32 Å². The number of thioether (sulfide) groups is 1. The maximum Gasteiger partial charge on any atom is 0.236 e. The van der Waals surface area contributed by atoms with E-state index >= 15 is 0 Å². The van der Waals surface area contributed by atoms with Crippen molar-refractivity contribution in [3.63, 3.8) is 0 Å². The van der Waals surface area contributed by atoms with E-state index in [0.29, 0.717) is 21.9 Å². The Labute approximate surface area is 182 Å². The summed E-state index contributed by atoms with van der Waals surface area (Å²) in [6, 6.07) is 11.8. The summed E-state index contributed by atoms with van der Waals surface area (Å²) in [5.74, 6) is 1.43. The monoisotopic (exact) mass is 439 g/mol. The molecule has 0 fully saturated rings. The molecule has 9 heteroatoms. The smallest absolute Gasteiger partial charge is 0.236 e. The van der Waals surface area contributed by atoms with Crippen molar-refractivity contribution in [2.24, 2.45) is 0 Å². The van der Waals surface area contributed by atoms with Gasteiger partial charge < -0.3 is 9.73 Å². The Morgan fingerprint density at radius 1 is 1.23 bits per heavy atom. The van der Waals surface area contributed by atoms with Gasteiger partial charge in [-0.15, -0.1) is 21.5 Å². The Balaban J connectivity index is 1.39. The fraction of sp³-hybridized carbons (Fsp3) is 0.238. The first-order chi connectivity index (χ1) is 14.6. The Hall–Kier alpha value is -2.91. The van der Waals surface area contributed by atoms with Crippen LogP contribution in [0.25, 0.3) is 22.8 Å². The molecule has 3 aromatic heterocycles. The van der Waals surface area contributed by atoms with Gasteiger partial charge in [-0.3, -0.25) is 9.36 Å². The molecule has 0 saturated heterocycles. The van der Waals surface area contributed by atoms with Crippen LogP contribution in [0.3, 0.4) is 0 Å². The van der Waals surface area contributed by atoms with Gasteiger partial charge in [-0.05, 0) is 25.5 Å². The van der Waals surface area contributed by atoms with Crippen molar-refractivity contribution in [1.29, 1.82) is 0 Å². The second-order valence-corrected chi connectivity index (χ2v) is 8.48. The maximum absolute atomic E-state index is 12.4. The van der Waals surface area contributed by atoms with Crippen LogP contribution in [0, 0.1) is 6.92 Å². The van der Waals surface area contributed by atoms with Crippen LogP contribution in [-0.4, -0.2) is 31.4 Å². The Bertz CT molecular complexity index is 1120. The highest BCUT2D eigenvalue weighted by Crippen LogP contribution is 2.27. The van der Waals surface area contributed by atoms with Crippen LogP contribution in [0.2, 0.25) is 0 Å². The van der Waals surface area contributed by atoms with Crippen molar-refractivity contribution in [1.82, 2.24) is 19.7 Å². The summed E-state index contributed by atoms with van der Waals surface area (Å²) in [7, 11) is 0. The van der Waals surface area contributed by atoms with Gasteiger partial charge >= 0.3 is 0 Å². The summed E-state index contributed by atoms with van der Waals surface area (Å²) >= 11 is 2.76. The average molecular weight is 440 g/mol. The van der Waals surface area contributed by atoms with E-state index in [-0.39, 0.29) is 11.7 Å². The number of nitrogens with zero attached hydrogens (tertiary/aromatic N) is 4. The third-order valence-corrected chi connectivity index (χ3v) is 6.06. The largest absolute Gasteiger partial charge is 0.461 e. The van der Waals surface area contributed by atoms with Crippen LogP contribution in [0.4, 0.5) is 5.13 Å². The molecular weight excluding hydrogens is 418 g/mol. The molecule has 4 aromatic rings. The summed E-state index contributed by atoms with van der Waals surface area (Å²) in [4.78, 5) is 17.0. The van der Waals surface area contributed by atoms with Gasteiger partial charge in [0.2, 0.25) is 5.91 Å². The summed E-state index contributed by atoms with van der Waals surface area (Å²) in [6.07, 6.45) is 2.53. The van der Waals surface area contributed by atoms with Gasteiger partial charge in [0.05, 0.1) is 17.7 Å². The third-order valence-electron chi connectivity index (χ3n) is 4.34. The van der Waals surface area contributed by atoms with Crippen molar-refractivity contribution in [2.45, 2.75) is 32.0 Å². The van der Waals surface area contributed by atoms with Gasteiger partial charge in [0.25, 0.3) is 0 Å². The number of rotatable bonds is 8. The Morgan fingerprint density at radius 3 is 2.80 bits per heavy atom. The second-order valence-electron chi connectivity index (χ2n) is 6.68. The predicted octanol–water partition coefficient (Wildman–Crippen LogP) is 5.11. The molecule has 0 aliphatic heterocycles. The van der Waals surface area contributed by atoms with E-state index in [1.54, 1.807) is 6.26 Å². The van der Waals surface area contributed by atoms with Gasteiger partial charge in [0, 0.05) is 17.5 Å². The van der Waals surface area contributed by atoms with Gasteiger partial charge in [-0.2, -0.15) is 0 Å². The molecule has 0 bridgehead atoms. The maximum atomic E-state index is 12.4. The second kappa shape index (κ2) is 9.27. The van der Waals surface area contributed by atoms with Crippen LogP contribution in [-0.2, 0) is 11.3 Å². The molecule has 1 aromatic carbocycles. The van der Waals surface area contributed by atoms with E-state index < -0.39 is 0 Å². The number of hydrogen-bond acceptors (Lipinski definition) is 7. The lowest BCUT2D eigenvalue weighted by Gasteiger charge is -2.07. The third kappa shape index (κ3) is 4.63. The molecule has 0 saturated carbocycles. The average Bonchev–Trinajstić information content (AvgIpc) is 3.48. The van der Waals surface area contributed by atoms with E-state index in [4.69, 9.17) is 4.42 Å². The number of aromatic nitrogens is 4. The quantitative estimate of drug-likeness (QED) is 0.384. The normalized spacial score (nSPS) is 11.0. The number of thiazole rings is 1. The highest BCUT2D eigenvalue weighted by atomic mass is 32.2. The van der Waals surface area contributed by atoms with Gasteiger partial charge in [-0.1, -0.05) is 48.5 Å². The number of furan rings is 1. The molecule has 1 N–H and O–H groups in total. The summed E-state index contributed by atoms with van der Waals surface area (Å²) in [6.45, 7) is 4.88. The van der Waals surface area contributed by atoms with Crippen LogP contribution in [0.5, 0.6) is 0 Å². The first kappa shape index (κ1) is 20.4. The SMILES string of the molecule is CCCn1c(SCC(=O)Nc2nc(-c3ccc(C)cc3)cs2)nnc1-c1ccco1. The zero-order valence-corrected chi connectivity index (χ0v) is 18.3. The molecular formula is C21H21N5O2S2. The Kier molecular flexibility index (Phi) is 6.29. The topological polar surface area (TPSA) is 85.8 Å². The van der Waals surface area contributed by atoms with E-state index in [9.17, 15) is 4.79 Å². The zero-order valence-electron chi connectivity index (χ0n) is 16.7. The lowest BCUT2D eigenvalue weighted by Crippen LogP contribution is -2.14. The molecule has 0 aliphatic carbocycles. The number of aryl methyl sites for hydroxylation is 1. The van der Waals surface area contributed by atoms with Crippen molar-refractivity contribution >= 4 is 34.1 Å². The first-order valence-corrected chi connectivity index (χ1v) is 11.4. The van der Waals surface area contributed by atoms with Gasteiger partial charge in [-0.25, -0.2) is 4.98 Å². The zero-order chi connectivity index (χ0) is 20.9. The van der Waals surface area contributed by atoms with Crippen molar-refractivity contribution in [3.05, 3.63) is 53.6 Å². The minimum atomic E-state index is -0.129. The minimum absolute atomic E-state index is 0.129. The number of amides is 1. The van der Waals surface area contributed by atoms with E-state index in [1.807, 2.05) is 53.3 Å². The fourth-order valence-corrected chi connectivity index (χ4v) is 4.38. The molecule has 0 atom stereocenters. The molecule has 154 valence electrons. The summed E-state index contributed by atoms with van der Waals surface area (Å²) in [5.41, 5.74) is 3.09. The standard InChI is InChI=1S/C21H21N5O2S2/c1-3-10-26-19(17-5-4-11-28-17)24-25-21(26)30-13-18(27)23-20-22-16(12-29-20)15-8-6-14(2)7-9-15/h4-9,11-12H,3,10,13H2,1-2H3,(H,22,23,27). The number of anilines is 1. The summed E-state index contributed by atoms with van der Waals surface area (Å²) in [5, 5.41) is 14.6. The number of hydrogen-bond donors (Lipinski definition) is 1. The van der Waals surface area contributed by atoms with E-state index in [2.05, 4.69) is 27.4 Å². The van der Waals surface area contributed by atoms with Crippen molar-refractivity contribution in [3.8, 4) is 22.8 Å². The molecule has 0 spiro atoms. The number of benzene rings is 1. The van der Waals surface area contributed by atoms with Crippen molar-refractivity contribution < 1.29 is 9.21 Å². The molecule has 3 heterocycles. The van der Waals surface area contributed by atoms with Crippen LogP contribution in [0.1, 0.15) is 18.9 Å². The molecule has 0 aliphatic rings. The van der Waals surface area contributed by atoms with Gasteiger partial charge in [0.1, 0.15) is 0 Å². The number of carbonyl (C=O) groups is 1. The highest BCUT2D eigenvalue weighted by Gasteiger charge is 2.17. The first-order valence-electron chi connectivity index (χ1n) is 9.56. The van der Waals surface area contributed by atoms with Crippen LogP contribution in [0.15, 0.2) is 57.6 Å². The van der Waals surface area contributed by atoms with Crippen LogP contribution >= 0.6 is 23.1 Å². The van der Waals surface area contributed by atoms with E-state index in [0.717, 1.165) is 24.2 Å². The molecule has 0 radical (unpaired) electrons. The predicted molar refractivity (Wildman–Crippen MR) is 120 cm³/mol. The summed E-state index contributed by atoms with van der Waals surface area (Å²) < 4.78 is 7.43. The molecule has 1 amide bonds. The number of nitrogens with one attached hydrogen (secondary N) is 1. The lowest BCUT2D eigenvalue weighted by molar-refractivity contribution is -0.113. The van der Waals surface area contributed by atoms with Gasteiger partial charge in [0.15, 0.2) is 21.9 Å². The highest BCUT2D eigenvalue weighted by molar-refractivity contribution is 7.99. The molecule has 4 rings (SSSR count).